The molecule has 0 unspecified atom stereocenters. The summed E-state index contributed by atoms with van der Waals surface area (Å²) in [7, 11) is 0. The lowest BCUT2D eigenvalue weighted by Gasteiger charge is -2.13. The third-order valence-electron chi connectivity index (χ3n) is 19.6. The van der Waals surface area contributed by atoms with Crippen LogP contribution in [0, 0.1) is 22.7 Å². The topological polar surface area (TPSA) is 145 Å². The Morgan fingerprint density at radius 1 is 0.202 bits per heavy atom. The highest BCUT2D eigenvalue weighted by Crippen LogP contribution is 2.45. The number of para-hydroxylation sites is 6. The van der Waals surface area contributed by atoms with E-state index in [1.165, 1.54) is 21.5 Å². The molecule has 14 aromatic carbocycles. The SMILES string of the molecule is N#Cc1cc(-c2nc(-c3ccccc3)nc(-c3ccccc3)n2)ccc1-n1c2ccccc2c2c3c4ccccc4n(-c4ccccc4)c3ccc21.N#Cc1cc(-c2nc(-c3ccccc3)nc(-c3ccccc3)n2)ccc1-n1c2ccccc2c2cc3c4ccccc4n(-c4ccccc4)c3cc21. The lowest BCUT2D eigenvalue weighted by molar-refractivity contribution is 1.07. The molecule has 6 aromatic heterocycles. The maximum absolute atomic E-state index is 10.7. The molecule has 0 fully saturated rings. The van der Waals surface area contributed by atoms with E-state index in [0.29, 0.717) is 46.1 Å². The van der Waals surface area contributed by atoms with Gasteiger partial charge in [-0.1, -0.05) is 231 Å². The molecule has 0 spiro atoms. The van der Waals surface area contributed by atoms with Crippen molar-refractivity contribution in [2.45, 2.75) is 0 Å². The first-order valence-corrected chi connectivity index (χ1v) is 34.4. The molecule has 20 rings (SSSR count). The van der Waals surface area contributed by atoms with Crippen molar-refractivity contribution < 1.29 is 0 Å². The number of benzene rings is 14. The predicted octanol–water partition coefficient (Wildman–Crippen LogP) is 21.9. The summed E-state index contributed by atoms with van der Waals surface area (Å²) in [5.74, 6) is 3.32. The van der Waals surface area contributed by atoms with Gasteiger partial charge in [0.15, 0.2) is 34.9 Å². The van der Waals surface area contributed by atoms with Crippen LogP contribution in [0.5, 0.6) is 0 Å². The molecule has 20 aromatic rings. The first kappa shape index (κ1) is 60.5. The van der Waals surface area contributed by atoms with Crippen LogP contribution in [0.25, 0.3) is 178 Å². The minimum Gasteiger partial charge on any atom is -0.309 e. The zero-order valence-corrected chi connectivity index (χ0v) is 55.7. The minimum atomic E-state index is 0.507. The van der Waals surface area contributed by atoms with Gasteiger partial charge < -0.3 is 18.3 Å². The van der Waals surface area contributed by atoms with Gasteiger partial charge >= 0.3 is 0 Å². The molecule has 484 valence electrons. The van der Waals surface area contributed by atoms with Crippen LogP contribution >= 0.6 is 0 Å². The van der Waals surface area contributed by atoms with Crippen LogP contribution in [0.4, 0.5) is 0 Å². The van der Waals surface area contributed by atoms with E-state index < -0.39 is 0 Å². The maximum Gasteiger partial charge on any atom is 0.164 e. The summed E-state index contributed by atoms with van der Waals surface area (Å²) in [6.07, 6.45) is 0. The van der Waals surface area contributed by atoms with Crippen LogP contribution in [-0.2, 0) is 0 Å². The van der Waals surface area contributed by atoms with Gasteiger partial charge in [0, 0.05) is 87.8 Å². The number of fused-ring (bicyclic) bond motifs is 13. The Bertz CT molecular complexity index is 6730. The van der Waals surface area contributed by atoms with E-state index in [9.17, 15) is 10.5 Å². The van der Waals surface area contributed by atoms with Crippen molar-refractivity contribution >= 4 is 87.2 Å². The van der Waals surface area contributed by atoms with Crippen LogP contribution < -0.4 is 0 Å². The second-order valence-corrected chi connectivity index (χ2v) is 25.6. The van der Waals surface area contributed by atoms with Crippen molar-refractivity contribution in [1.82, 2.24) is 48.2 Å². The Balaban J connectivity index is 0.000000143. The average Bonchev–Trinajstić information content (AvgIpc) is 1.58. The van der Waals surface area contributed by atoms with Gasteiger partial charge in [0.05, 0.1) is 66.6 Å². The van der Waals surface area contributed by atoms with Gasteiger partial charge in [-0.25, -0.2) is 29.9 Å². The van der Waals surface area contributed by atoms with E-state index in [-0.39, 0.29) is 0 Å². The molecule has 0 radical (unpaired) electrons. The van der Waals surface area contributed by atoms with Crippen molar-refractivity contribution in [2.24, 2.45) is 0 Å². The normalized spacial score (nSPS) is 11.4. The molecule has 6 heterocycles. The number of rotatable bonds is 10. The molecular weight excluding hydrogens is 1270 g/mol. The summed E-state index contributed by atoms with van der Waals surface area (Å²) >= 11 is 0. The monoisotopic (exact) mass is 1330 g/mol. The van der Waals surface area contributed by atoms with E-state index >= 15 is 0 Å². The molecule has 0 saturated heterocycles. The predicted molar refractivity (Wildman–Crippen MR) is 419 cm³/mol. The van der Waals surface area contributed by atoms with Crippen LogP contribution in [0.1, 0.15) is 11.1 Å². The minimum absolute atomic E-state index is 0.507. The van der Waals surface area contributed by atoms with Crippen LogP contribution in [0.2, 0.25) is 0 Å². The highest BCUT2D eigenvalue weighted by Gasteiger charge is 2.25. The van der Waals surface area contributed by atoms with Crippen LogP contribution in [0.3, 0.4) is 0 Å². The molecule has 12 nitrogen and oxygen atoms in total. The van der Waals surface area contributed by atoms with E-state index in [1.54, 1.807) is 0 Å². The summed E-state index contributed by atoms with van der Waals surface area (Å²) in [5, 5.41) is 30.8. The van der Waals surface area contributed by atoms with Gasteiger partial charge in [0.2, 0.25) is 0 Å². The second kappa shape index (κ2) is 25.2. The second-order valence-electron chi connectivity index (χ2n) is 25.6. The molecule has 0 aliphatic rings. The Kier molecular flexibility index (Phi) is 14.7. The number of nitrogens with zero attached hydrogens (tertiary/aromatic N) is 12. The quantitative estimate of drug-likeness (QED) is 0.132. The van der Waals surface area contributed by atoms with Gasteiger partial charge in [-0.3, -0.25) is 0 Å². The third-order valence-corrected chi connectivity index (χ3v) is 19.6. The third kappa shape index (κ3) is 10.2. The van der Waals surface area contributed by atoms with Crippen LogP contribution in [0.15, 0.2) is 340 Å². The molecule has 0 amide bonds. The summed E-state index contributed by atoms with van der Waals surface area (Å²) < 4.78 is 9.11. The lowest BCUT2D eigenvalue weighted by Crippen LogP contribution is -2.02. The van der Waals surface area contributed by atoms with Gasteiger partial charge in [0.1, 0.15) is 12.1 Å². The Hall–Kier alpha value is -14.7. The molecule has 0 saturated carbocycles. The molecule has 0 aliphatic heterocycles. The zero-order chi connectivity index (χ0) is 69.2. The number of nitriles is 2. The van der Waals surface area contributed by atoms with Gasteiger partial charge in [-0.2, -0.15) is 10.5 Å². The molecule has 104 heavy (non-hydrogen) atoms. The van der Waals surface area contributed by atoms with Gasteiger partial charge in [-0.05, 0) is 109 Å². The summed E-state index contributed by atoms with van der Waals surface area (Å²) in [4.78, 5) is 29.4. The fourth-order valence-corrected chi connectivity index (χ4v) is 15.0. The van der Waals surface area contributed by atoms with Crippen molar-refractivity contribution in [2.75, 3.05) is 0 Å². The molecule has 0 aliphatic carbocycles. The average molecular weight is 1330 g/mol. The fraction of sp³-hybridized carbons (Fsp3) is 0. The van der Waals surface area contributed by atoms with E-state index in [0.717, 1.165) is 122 Å². The van der Waals surface area contributed by atoms with Crippen molar-refractivity contribution in [3.63, 3.8) is 0 Å². The van der Waals surface area contributed by atoms with Crippen LogP contribution in [-0.4, -0.2) is 48.2 Å². The Morgan fingerprint density at radius 2 is 0.481 bits per heavy atom. The van der Waals surface area contributed by atoms with E-state index in [1.807, 2.05) is 170 Å². The summed E-state index contributed by atoms with van der Waals surface area (Å²) in [6.45, 7) is 0. The standard InChI is InChI=1S/2C46H28N6/c47-29-33-26-32(46-49-44(30-14-4-1-5-15-30)48-45(50-46)31-16-6-2-7-17-31)24-25-39(33)52-41-23-13-11-21-36(41)38-27-37-35-20-10-12-22-40(35)51(42(37)28-43(38)52)34-18-8-3-9-19-34;47-29-33-28-32(46-49-44(30-14-4-1-5-15-30)48-45(50-46)31-16-6-2-7-17-31)24-25-37(33)52-39-23-13-11-21-36(39)43-41(52)27-26-40-42(43)35-20-10-12-22-38(35)51(40)34-18-8-3-9-19-34/h2*1-28H. The largest absolute Gasteiger partial charge is 0.309 e. The number of hydrogen-bond acceptors (Lipinski definition) is 8. The highest BCUT2D eigenvalue weighted by molar-refractivity contribution is 6.29. The molecule has 0 N–H and O–H groups in total. The van der Waals surface area contributed by atoms with Gasteiger partial charge in [0.25, 0.3) is 0 Å². The first-order valence-electron chi connectivity index (χ1n) is 34.4. The van der Waals surface area contributed by atoms with Crippen molar-refractivity contribution in [3.8, 4) is 103 Å². The molecular formula is C92H56N12. The molecule has 12 heteroatoms. The van der Waals surface area contributed by atoms with E-state index in [4.69, 9.17) is 29.9 Å². The zero-order valence-electron chi connectivity index (χ0n) is 55.7. The first-order chi connectivity index (χ1) is 51.5. The summed E-state index contributed by atoms with van der Waals surface area (Å²) in [6, 6.07) is 121. The summed E-state index contributed by atoms with van der Waals surface area (Å²) in [5.41, 5.74) is 18.6. The Labute approximate surface area is 596 Å². The van der Waals surface area contributed by atoms with Crippen molar-refractivity contribution in [3.05, 3.63) is 351 Å². The molecule has 0 bridgehead atoms. The number of hydrogen-bond donors (Lipinski definition) is 0. The fourth-order valence-electron chi connectivity index (χ4n) is 15.0. The number of aromatic nitrogens is 10. The van der Waals surface area contributed by atoms with E-state index in [2.05, 4.69) is 200 Å². The smallest absolute Gasteiger partial charge is 0.164 e. The maximum atomic E-state index is 10.7. The Morgan fingerprint density at radius 3 is 0.865 bits per heavy atom. The van der Waals surface area contributed by atoms with Crippen molar-refractivity contribution in [1.29, 1.82) is 10.5 Å². The van der Waals surface area contributed by atoms with Gasteiger partial charge in [-0.15, -0.1) is 0 Å². The highest BCUT2D eigenvalue weighted by atomic mass is 15.1. The molecule has 0 atom stereocenters. The lowest BCUT2D eigenvalue weighted by atomic mass is 10.1.